The van der Waals surface area contributed by atoms with Gasteiger partial charge >= 0.3 is 0 Å². The Morgan fingerprint density at radius 1 is 1.17 bits per heavy atom. The van der Waals surface area contributed by atoms with Crippen molar-refractivity contribution in [3.63, 3.8) is 0 Å². The smallest absolute Gasteiger partial charge is 0.0477 e. The zero-order chi connectivity index (χ0) is 9.40. The fraction of sp³-hybridized carbons (Fsp3) is 1.00. The van der Waals surface area contributed by atoms with Crippen molar-refractivity contribution >= 4 is 0 Å². The molecule has 0 heterocycles. The molecule has 1 atom stereocenters. The van der Waals surface area contributed by atoms with Gasteiger partial charge in [-0.2, -0.15) is 0 Å². The Kier molecular flexibility index (Phi) is 7.51. The monoisotopic (exact) mass is 173 g/mol. The first-order valence-electron chi connectivity index (χ1n) is 4.87. The summed E-state index contributed by atoms with van der Waals surface area (Å²) in [7, 11) is 3.79. The predicted molar refractivity (Wildman–Crippen MR) is 53.4 cm³/mol. The first-order chi connectivity index (χ1) is 5.70. The van der Waals surface area contributed by atoms with Crippen molar-refractivity contribution in [3.05, 3.63) is 0 Å². The minimum Gasteiger partial charge on any atom is -0.385 e. The molecule has 0 bridgehead atoms. The number of hydrogen-bond acceptors (Lipinski definition) is 2. The molecular weight excluding hydrogens is 150 g/mol. The highest BCUT2D eigenvalue weighted by Gasteiger charge is 2.05. The standard InChI is InChI=1S/C10H23NO/c1-9(2)5-6-10(11-3)7-8-12-4/h9-11H,5-8H2,1-4H3. The van der Waals surface area contributed by atoms with E-state index in [1.807, 2.05) is 7.05 Å². The average Bonchev–Trinajstić information content (AvgIpc) is 2.05. The number of nitrogens with one attached hydrogen (secondary N) is 1. The maximum atomic E-state index is 5.04. The van der Waals surface area contributed by atoms with Crippen molar-refractivity contribution in [1.82, 2.24) is 5.32 Å². The van der Waals surface area contributed by atoms with Gasteiger partial charge in [-0.15, -0.1) is 0 Å². The Morgan fingerprint density at radius 3 is 2.25 bits per heavy atom. The van der Waals surface area contributed by atoms with Crippen LogP contribution in [0, 0.1) is 5.92 Å². The Bertz CT molecular complexity index is 93.8. The second-order valence-corrected chi connectivity index (χ2v) is 3.74. The lowest BCUT2D eigenvalue weighted by Crippen LogP contribution is -2.26. The van der Waals surface area contributed by atoms with E-state index in [4.69, 9.17) is 4.74 Å². The molecule has 2 nitrogen and oxygen atoms in total. The molecule has 0 amide bonds. The molecule has 0 aliphatic carbocycles. The van der Waals surface area contributed by atoms with Gasteiger partial charge in [0.2, 0.25) is 0 Å². The van der Waals surface area contributed by atoms with Gasteiger partial charge in [0.1, 0.15) is 0 Å². The van der Waals surface area contributed by atoms with Gasteiger partial charge in [0.15, 0.2) is 0 Å². The number of rotatable bonds is 7. The highest BCUT2D eigenvalue weighted by atomic mass is 16.5. The van der Waals surface area contributed by atoms with E-state index in [0.29, 0.717) is 6.04 Å². The second-order valence-electron chi connectivity index (χ2n) is 3.74. The summed E-state index contributed by atoms with van der Waals surface area (Å²) in [4.78, 5) is 0. The van der Waals surface area contributed by atoms with E-state index in [9.17, 15) is 0 Å². The summed E-state index contributed by atoms with van der Waals surface area (Å²) in [6, 6.07) is 0.632. The van der Waals surface area contributed by atoms with Crippen molar-refractivity contribution < 1.29 is 4.74 Å². The summed E-state index contributed by atoms with van der Waals surface area (Å²) in [6.45, 7) is 5.40. The summed E-state index contributed by atoms with van der Waals surface area (Å²) in [6.07, 6.45) is 3.69. The Hall–Kier alpha value is -0.0800. The number of hydrogen-bond donors (Lipinski definition) is 1. The lowest BCUT2D eigenvalue weighted by molar-refractivity contribution is 0.181. The summed E-state index contributed by atoms with van der Waals surface area (Å²) in [5.74, 6) is 0.809. The highest BCUT2D eigenvalue weighted by Crippen LogP contribution is 2.08. The zero-order valence-electron chi connectivity index (χ0n) is 8.89. The Morgan fingerprint density at radius 2 is 1.83 bits per heavy atom. The van der Waals surface area contributed by atoms with Crippen molar-refractivity contribution in [3.8, 4) is 0 Å². The molecule has 0 aliphatic heterocycles. The molecule has 0 aliphatic rings. The lowest BCUT2D eigenvalue weighted by Gasteiger charge is -2.16. The van der Waals surface area contributed by atoms with Crippen molar-refractivity contribution in [2.24, 2.45) is 5.92 Å². The molecular formula is C10H23NO. The fourth-order valence-electron chi connectivity index (χ4n) is 1.23. The van der Waals surface area contributed by atoms with Crippen LogP contribution in [0.1, 0.15) is 33.1 Å². The van der Waals surface area contributed by atoms with E-state index < -0.39 is 0 Å². The molecule has 0 radical (unpaired) electrons. The van der Waals surface area contributed by atoms with Gasteiger partial charge in [-0.3, -0.25) is 0 Å². The van der Waals surface area contributed by atoms with Crippen LogP contribution in [-0.4, -0.2) is 26.8 Å². The molecule has 0 saturated carbocycles. The molecule has 0 aromatic carbocycles. The van der Waals surface area contributed by atoms with Crippen LogP contribution in [0.15, 0.2) is 0 Å². The summed E-state index contributed by atoms with van der Waals surface area (Å²) < 4.78 is 5.04. The van der Waals surface area contributed by atoms with Gasteiger partial charge in [-0.25, -0.2) is 0 Å². The minimum atomic E-state index is 0.632. The summed E-state index contributed by atoms with van der Waals surface area (Å²) in [5.41, 5.74) is 0. The first-order valence-corrected chi connectivity index (χ1v) is 4.87. The maximum Gasteiger partial charge on any atom is 0.0477 e. The van der Waals surface area contributed by atoms with Gasteiger partial charge in [-0.1, -0.05) is 13.8 Å². The van der Waals surface area contributed by atoms with Crippen molar-refractivity contribution in [2.45, 2.75) is 39.2 Å². The number of methoxy groups -OCH3 is 1. The van der Waals surface area contributed by atoms with Crippen LogP contribution in [0.2, 0.25) is 0 Å². The van der Waals surface area contributed by atoms with Gasteiger partial charge in [-0.05, 0) is 32.2 Å². The lowest BCUT2D eigenvalue weighted by atomic mass is 10.0. The third kappa shape index (κ3) is 6.62. The van der Waals surface area contributed by atoms with Gasteiger partial charge in [0.05, 0.1) is 0 Å². The molecule has 0 aromatic rings. The van der Waals surface area contributed by atoms with E-state index in [0.717, 1.165) is 18.9 Å². The van der Waals surface area contributed by atoms with E-state index in [1.165, 1.54) is 12.8 Å². The van der Waals surface area contributed by atoms with Gasteiger partial charge in [0, 0.05) is 19.8 Å². The predicted octanol–water partition coefficient (Wildman–Crippen LogP) is 2.05. The topological polar surface area (TPSA) is 21.3 Å². The quantitative estimate of drug-likeness (QED) is 0.636. The highest BCUT2D eigenvalue weighted by molar-refractivity contribution is 4.64. The summed E-state index contributed by atoms with van der Waals surface area (Å²) >= 11 is 0. The molecule has 0 fully saturated rings. The molecule has 2 heteroatoms. The van der Waals surface area contributed by atoms with E-state index >= 15 is 0 Å². The van der Waals surface area contributed by atoms with Crippen LogP contribution in [0.5, 0.6) is 0 Å². The molecule has 0 rings (SSSR count). The third-order valence-electron chi connectivity index (χ3n) is 2.17. The third-order valence-corrected chi connectivity index (χ3v) is 2.17. The van der Waals surface area contributed by atoms with Crippen LogP contribution < -0.4 is 5.32 Å². The van der Waals surface area contributed by atoms with Crippen LogP contribution in [0.25, 0.3) is 0 Å². The molecule has 0 aromatic heterocycles. The Labute approximate surface area is 76.7 Å². The van der Waals surface area contributed by atoms with E-state index in [1.54, 1.807) is 7.11 Å². The van der Waals surface area contributed by atoms with Gasteiger partial charge in [0.25, 0.3) is 0 Å². The largest absolute Gasteiger partial charge is 0.385 e. The average molecular weight is 173 g/mol. The first kappa shape index (κ1) is 11.9. The summed E-state index contributed by atoms with van der Waals surface area (Å²) in [5, 5.41) is 3.31. The van der Waals surface area contributed by atoms with Gasteiger partial charge < -0.3 is 10.1 Å². The van der Waals surface area contributed by atoms with E-state index in [-0.39, 0.29) is 0 Å². The van der Waals surface area contributed by atoms with Crippen LogP contribution in [-0.2, 0) is 4.74 Å². The van der Waals surface area contributed by atoms with Crippen LogP contribution in [0.4, 0.5) is 0 Å². The molecule has 0 saturated heterocycles. The van der Waals surface area contributed by atoms with Crippen molar-refractivity contribution in [2.75, 3.05) is 20.8 Å². The van der Waals surface area contributed by atoms with Crippen molar-refractivity contribution in [1.29, 1.82) is 0 Å². The van der Waals surface area contributed by atoms with Crippen LogP contribution in [0.3, 0.4) is 0 Å². The number of ether oxygens (including phenoxy) is 1. The maximum absolute atomic E-state index is 5.04. The van der Waals surface area contributed by atoms with Crippen LogP contribution >= 0.6 is 0 Å². The molecule has 0 spiro atoms. The SMILES string of the molecule is CNC(CCOC)CCC(C)C. The molecule has 1 unspecified atom stereocenters. The second kappa shape index (κ2) is 7.56. The molecule has 1 N–H and O–H groups in total. The normalized spacial score (nSPS) is 13.8. The molecule has 74 valence electrons. The van der Waals surface area contributed by atoms with E-state index in [2.05, 4.69) is 19.2 Å². The fourth-order valence-corrected chi connectivity index (χ4v) is 1.23. The zero-order valence-corrected chi connectivity index (χ0v) is 8.89. The minimum absolute atomic E-state index is 0.632. The Balaban J connectivity index is 3.39. The molecule has 12 heavy (non-hydrogen) atoms.